The highest BCUT2D eigenvalue weighted by Crippen LogP contribution is 2.14. The van der Waals surface area contributed by atoms with Crippen LogP contribution in [0, 0.1) is 0 Å². The van der Waals surface area contributed by atoms with E-state index < -0.39 is 23.8 Å². The molecule has 5 heteroatoms. The van der Waals surface area contributed by atoms with E-state index in [9.17, 15) is 14.4 Å². The minimum absolute atomic E-state index is 0.135. The van der Waals surface area contributed by atoms with Gasteiger partial charge in [0, 0.05) is 12.8 Å². The third kappa shape index (κ3) is 1.30. The molecule has 1 aliphatic heterocycles. The summed E-state index contributed by atoms with van der Waals surface area (Å²) in [5.41, 5.74) is 0. The Morgan fingerprint density at radius 3 is 2.17 bits per heavy atom. The first-order valence-electron chi connectivity index (χ1n) is 3.61. The number of carbonyl (C=O) groups is 3. The molecular weight excluding hydrogens is 162 g/mol. The lowest BCUT2D eigenvalue weighted by molar-refractivity contribution is -0.153. The Balaban J connectivity index is 2.79. The number of imide groups is 1. The van der Waals surface area contributed by atoms with Crippen molar-refractivity contribution in [3.63, 3.8) is 0 Å². The lowest BCUT2D eigenvalue weighted by Crippen LogP contribution is -2.42. The number of carbonyl (C=O) groups excluding carboxylic acids is 2. The molecule has 0 aromatic heterocycles. The Bertz CT molecular complexity index is 232. The molecule has 1 rings (SSSR count). The van der Waals surface area contributed by atoms with Gasteiger partial charge in [0.25, 0.3) is 0 Å². The number of hydrogen-bond donors (Lipinski definition) is 1. The number of rotatable bonds is 2. The first-order valence-corrected chi connectivity index (χ1v) is 3.61. The quantitative estimate of drug-likeness (QED) is 0.574. The molecule has 0 bridgehead atoms. The Kier molecular flexibility index (Phi) is 2.12. The van der Waals surface area contributed by atoms with Crippen LogP contribution < -0.4 is 0 Å². The summed E-state index contributed by atoms with van der Waals surface area (Å²) in [5.74, 6) is -1.94. The van der Waals surface area contributed by atoms with E-state index >= 15 is 0 Å². The van der Waals surface area contributed by atoms with E-state index in [1.54, 1.807) is 0 Å². The molecule has 0 aromatic carbocycles. The van der Waals surface area contributed by atoms with Gasteiger partial charge < -0.3 is 5.11 Å². The second-order valence-corrected chi connectivity index (χ2v) is 2.67. The van der Waals surface area contributed by atoms with E-state index in [-0.39, 0.29) is 12.8 Å². The van der Waals surface area contributed by atoms with Crippen molar-refractivity contribution in [3.05, 3.63) is 0 Å². The molecule has 0 unspecified atom stereocenters. The molecule has 2 amide bonds. The molecule has 0 aliphatic carbocycles. The molecule has 5 nitrogen and oxygen atoms in total. The first-order chi connectivity index (χ1) is 5.54. The molecule has 1 saturated heterocycles. The van der Waals surface area contributed by atoms with Crippen molar-refractivity contribution in [2.24, 2.45) is 0 Å². The number of hydrogen-bond acceptors (Lipinski definition) is 3. The van der Waals surface area contributed by atoms with Crippen molar-refractivity contribution in [2.75, 3.05) is 0 Å². The largest absolute Gasteiger partial charge is 0.480 e. The summed E-state index contributed by atoms with van der Waals surface area (Å²) in [6.45, 7) is 1.32. The predicted molar refractivity (Wildman–Crippen MR) is 38.2 cm³/mol. The zero-order valence-corrected chi connectivity index (χ0v) is 6.61. The van der Waals surface area contributed by atoms with Crippen molar-refractivity contribution in [2.45, 2.75) is 25.8 Å². The molecule has 1 N–H and O–H groups in total. The maximum absolute atomic E-state index is 11.0. The fraction of sp³-hybridized carbons (Fsp3) is 0.571. The van der Waals surface area contributed by atoms with Crippen molar-refractivity contribution in [1.82, 2.24) is 4.90 Å². The van der Waals surface area contributed by atoms with Gasteiger partial charge in [0.2, 0.25) is 11.8 Å². The second kappa shape index (κ2) is 2.92. The monoisotopic (exact) mass is 171 g/mol. The van der Waals surface area contributed by atoms with Crippen LogP contribution in [-0.4, -0.2) is 33.8 Å². The van der Waals surface area contributed by atoms with Crippen molar-refractivity contribution < 1.29 is 19.5 Å². The molecule has 0 radical (unpaired) electrons. The molecule has 12 heavy (non-hydrogen) atoms. The molecule has 1 aliphatic rings. The first kappa shape index (κ1) is 8.70. The molecule has 0 spiro atoms. The van der Waals surface area contributed by atoms with Crippen molar-refractivity contribution in [1.29, 1.82) is 0 Å². The maximum Gasteiger partial charge on any atom is 0.326 e. The van der Waals surface area contributed by atoms with Gasteiger partial charge in [0.15, 0.2) is 0 Å². The molecule has 66 valence electrons. The smallest absolute Gasteiger partial charge is 0.326 e. The summed E-state index contributed by atoms with van der Waals surface area (Å²) in [6.07, 6.45) is 0.271. The van der Waals surface area contributed by atoms with Crippen LogP contribution in [0.15, 0.2) is 0 Å². The molecule has 1 fully saturated rings. The summed E-state index contributed by atoms with van der Waals surface area (Å²) < 4.78 is 0. The highest BCUT2D eigenvalue weighted by atomic mass is 16.4. The number of aliphatic carboxylic acids is 1. The molecule has 0 saturated carbocycles. The zero-order valence-electron chi connectivity index (χ0n) is 6.61. The van der Waals surface area contributed by atoms with E-state index in [0.717, 1.165) is 4.90 Å². The average Bonchev–Trinajstić information content (AvgIpc) is 2.30. The van der Waals surface area contributed by atoms with Crippen LogP contribution in [0.3, 0.4) is 0 Å². The van der Waals surface area contributed by atoms with E-state index in [4.69, 9.17) is 5.11 Å². The van der Waals surface area contributed by atoms with Crippen molar-refractivity contribution in [3.8, 4) is 0 Å². The van der Waals surface area contributed by atoms with Crippen LogP contribution in [-0.2, 0) is 14.4 Å². The molecule has 0 aromatic rings. The van der Waals surface area contributed by atoms with Crippen LogP contribution in [0.5, 0.6) is 0 Å². The third-order valence-electron chi connectivity index (χ3n) is 1.83. The number of amides is 2. The Morgan fingerprint density at radius 1 is 1.42 bits per heavy atom. The van der Waals surface area contributed by atoms with E-state index in [1.165, 1.54) is 6.92 Å². The Hall–Kier alpha value is -1.39. The Morgan fingerprint density at radius 2 is 1.83 bits per heavy atom. The predicted octanol–water partition coefficient (Wildman–Crippen LogP) is -0.391. The number of carboxylic acid groups (broad SMARTS) is 1. The minimum atomic E-state index is -1.15. The minimum Gasteiger partial charge on any atom is -0.480 e. The summed E-state index contributed by atoms with van der Waals surface area (Å²) >= 11 is 0. The topological polar surface area (TPSA) is 74.7 Å². The Labute approximate surface area is 69.0 Å². The highest BCUT2D eigenvalue weighted by Gasteiger charge is 2.35. The second-order valence-electron chi connectivity index (χ2n) is 2.67. The fourth-order valence-electron chi connectivity index (χ4n) is 1.14. The van der Waals surface area contributed by atoms with Crippen LogP contribution in [0.4, 0.5) is 0 Å². The van der Waals surface area contributed by atoms with Gasteiger partial charge >= 0.3 is 5.97 Å². The fourth-order valence-corrected chi connectivity index (χ4v) is 1.14. The number of nitrogens with zero attached hydrogens (tertiary/aromatic N) is 1. The van der Waals surface area contributed by atoms with Gasteiger partial charge in [-0.3, -0.25) is 14.5 Å². The van der Waals surface area contributed by atoms with Crippen LogP contribution in [0.2, 0.25) is 0 Å². The maximum atomic E-state index is 11.0. The highest BCUT2D eigenvalue weighted by molar-refractivity contribution is 6.04. The lowest BCUT2D eigenvalue weighted by atomic mass is 10.3. The van der Waals surface area contributed by atoms with E-state index in [2.05, 4.69) is 0 Å². The standard InChI is InChI=1S/C7H9NO4/c1-4(7(11)12)8-5(9)2-3-6(8)10/h4H,2-3H2,1H3,(H,11,12)/t4-/m1/s1. The van der Waals surface area contributed by atoms with Gasteiger partial charge in [-0.25, -0.2) is 4.79 Å². The van der Waals surface area contributed by atoms with Crippen molar-refractivity contribution >= 4 is 17.8 Å². The van der Waals surface area contributed by atoms with Crippen LogP contribution in [0.25, 0.3) is 0 Å². The van der Waals surface area contributed by atoms with Gasteiger partial charge in [-0.15, -0.1) is 0 Å². The van der Waals surface area contributed by atoms with Gasteiger partial charge in [-0.05, 0) is 6.92 Å². The lowest BCUT2D eigenvalue weighted by Gasteiger charge is -2.17. The van der Waals surface area contributed by atoms with E-state index in [1.807, 2.05) is 0 Å². The zero-order chi connectivity index (χ0) is 9.30. The summed E-state index contributed by atoms with van der Waals surface area (Å²) in [5, 5.41) is 8.53. The van der Waals surface area contributed by atoms with E-state index in [0.29, 0.717) is 0 Å². The van der Waals surface area contributed by atoms with Gasteiger partial charge in [-0.2, -0.15) is 0 Å². The average molecular weight is 171 g/mol. The number of carboxylic acids is 1. The SMILES string of the molecule is C[C@H](C(=O)O)N1C(=O)CCC1=O. The van der Waals surface area contributed by atoms with Crippen LogP contribution in [0.1, 0.15) is 19.8 Å². The molecule has 1 atom stereocenters. The summed E-state index contributed by atoms with van der Waals surface area (Å²) in [4.78, 5) is 33.2. The molecule has 1 heterocycles. The number of likely N-dealkylation sites (tertiary alicyclic amines) is 1. The normalized spacial score (nSPS) is 19.9. The van der Waals surface area contributed by atoms with Crippen LogP contribution >= 0.6 is 0 Å². The summed E-state index contributed by atoms with van der Waals surface area (Å²) in [7, 11) is 0. The van der Waals surface area contributed by atoms with Gasteiger partial charge in [-0.1, -0.05) is 0 Å². The summed E-state index contributed by atoms with van der Waals surface area (Å²) in [6, 6.07) is -1.03. The van der Waals surface area contributed by atoms with Gasteiger partial charge in [0.1, 0.15) is 6.04 Å². The third-order valence-corrected chi connectivity index (χ3v) is 1.83. The van der Waals surface area contributed by atoms with Gasteiger partial charge in [0.05, 0.1) is 0 Å². The molecular formula is C7H9NO4.